The Hall–Kier alpha value is -1.92. The fraction of sp³-hybridized carbons (Fsp3) is 0.450. The quantitative estimate of drug-likeness (QED) is 0.829. The molecule has 0 bridgehead atoms. The fourth-order valence-corrected chi connectivity index (χ4v) is 5.56. The van der Waals surface area contributed by atoms with Gasteiger partial charge >= 0.3 is 0 Å². The maximum absolute atomic E-state index is 13.3. The lowest BCUT2D eigenvalue weighted by atomic mass is 10.0. The van der Waals surface area contributed by atoms with Crippen LogP contribution in [0.3, 0.4) is 0 Å². The zero-order chi connectivity index (χ0) is 19.1. The molecule has 0 saturated carbocycles. The van der Waals surface area contributed by atoms with Crippen LogP contribution in [0, 0.1) is 34.6 Å². The van der Waals surface area contributed by atoms with Crippen LogP contribution in [0.25, 0.3) is 0 Å². The van der Waals surface area contributed by atoms with Crippen LogP contribution in [0.15, 0.2) is 29.2 Å². The number of hydrogen-bond donors (Lipinski definition) is 0. The average Bonchev–Trinajstić information content (AvgIpc) is 2.60. The zero-order valence-electron chi connectivity index (χ0n) is 16.2. The van der Waals surface area contributed by atoms with E-state index in [1.54, 1.807) is 4.31 Å². The third-order valence-corrected chi connectivity index (χ3v) is 7.50. The first-order chi connectivity index (χ1) is 12.2. The SMILES string of the molecule is Cc1cccc(N2CCN(S(=O)(=O)c3c(C)c(C)cc(C)c3C)CC2)n1. The van der Waals surface area contributed by atoms with Crippen molar-refractivity contribution in [2.45, 2.75) is 39.5 Å². The van der Waals surface area contributed by atoms with Crippen LogP contribution >= 0.6 is 0 Å². The summed E-state index contributed by atoms with van der Waals surface area (Å²) in [6.07, 6.45) is 0. The van der Waals surface area contributed by atoms with Gasteiger partial charge in [0.15, 0.2) is 0 Å². The maximum Gasteiger partial charge on any atom is 0.243 e. The molecule has 1 aliphatic heterocycles. The van der Waals surface area contributed by atoms with Gasteiger partial charge < -0.3 is 4.90 Å². The van der Waals surface area contributed by atoms with E-state index in [2.05, 4.69) is 16.0 Å². The zero-order valence-corrected chi connectivity index (χ0v) is 17.0. The van der Waals surface area contributed by atoms with Crippen LogP contribution < -0.4 is 4.90 Å². The molecule has 0 amide bonds. The molecule has 26 heavy (non-hydrogen) atoms. The Morgan fingerprint density at radius 3 is 2.00 bits per heavy atom. The summed E-state index contributed by atoms with van der Waals surface area (Å²) in [7, 11) is -3.50. The summed E-state index contributed by atoms with van der Waals surface area (Å²) in [4.78, 5) is 7.19. The topological polar surface area (TPSA) is 53.5 Å². The van der Waals surface area contributed by atoms with Crippen molar-refractivity contribution in [1.29, 1.82) is 0 Å². The molecule has 2 heterocycles. The lowest BCUT2D eigenvalue weighted by Gasteiger charge is -2.35. The molecule has 0 spiro atoms. The highest BCUT2D eigenvalue weighted by molar-refractivity contribution is 7.89. The molecule has 1 saturated heterocycles. The highest BCUT2D eigenvalue weighted by atomic mass is 32.2. The molecule has 0 unspecified atom stereocenters. The summed E-state index contributed by atoms with van der Waals surface area (Å²) in [5.41, 5.74) is 4.73. The fourth-order valence-electron chi connectivity index (χ4n) is 3.56. The summed E-state index contributed by atoms with van der Waals surface area (Å²) in [6.45, 7) is 12.0. The molecular formula is C20H27N3O2S. The number of sulfonamides is 1. The molecule has 0 N–H and O–H groups in total. The number of rotatable bonds is 3. The molecule has 1 fully saturated rings. The predicted octanol–water partition coefficient (Wildman–Crippen LogP) is 3.13. The van der Waals surface area contributed by atoms with Crippen molar-refractivity contribution in [3.05, 3.63) is 52.2 Å². The molecule has 1 aromatic carbocycles. The first-order valence-electron chi connectivity index (χ1n) is 8.98. The van der Waals surface area contributed by atoms with Crippen LogP contribution in [-0.2, 0) is 10.0 Å². The Bertz CT molecular complexity index is 904. The molecule has 1 aliphatic rings. The van der Waals surface area contributed by atoms with Gasteiger partial charge in [-0.05, 0) is 69.0 Å². The molecule has 3 rings (SSSR count). The third-order valence-electron chi connectivity index (χ3n) is 5.33. The van der Waals surface area contributed by atoms with Crippen molar-refractivity contribution in [2.24, 2.45) is 0 Å². The second kappa shape index (κ2) is 7.00. The van der Waals surface area contributed by atoms with Gasteiger partial charge in [-0.15, -0.1) is 0 Å². The van der Waals surface area contributed by atoms with Gasteiger partial charge in [0.25, 0.3) is 0 Å². The minimum atomic E-state index is -3.50. The first-order valence-corrected chi connectivity index (χ1v) is 10.4. The lowest BCUT2D eigenvalue weighted by Crippen LogP contribution is -2.49. The van der Waals surface area contributed by atoms with E-state index in [0.717, 1.165) is 33.8 Å². The van der Waals surface area contributed by atoms with Crippen molar-refractivity contribution < 1.29 is 8.42 Å². The smallest absolute Gasteiger partial charge is 0.243 e. The minimum Gasteiger partial charge on any atom is -0.354 e. The summed E-state index contributed by atoms with van der Waals surface area (Å²) >= 11 is 0. The minimum absolute atomic E-state index is 0.476. The number of piperazine rings is 1. The van der Waals surface area contributed by atoms with Gasteiger partial charge in [0.2, 0.25) is 10.0 Å². The van der Waals surface area contributed by atoms with Crippen LogP contribution in [0.5, 0.6) is 0 Å². The second-order valence-corrected chi connectivity index (χ2v) is 8.99. The van der Waals surface area contributed by atoms with Gasteiger partial charge in [-0.3, -0.25) is 0 Å². The summed E-state index contributed by atoms with van der Waals surface area (Å²) < 4.78 is 28.3. The van der Waals surface area contributed by atoms with E-state index in [9.17, 15) is 8.42 Å². The van der Waals surface area contributed by atoms with E-state index in [-0.39, 0.29) is 0 Å². The molecule has 5 nitrogen and oxygen atoms in total. The van der Waals surface area contributed by atoms with Gasteiger partial charge in [-0.1, -0.05) is 12.1 Å². The summed E-state index contributed by atoms with van der Waals surface area (Å²) in [5, 5.41) is 0. The second-order valence-electron chi connectivity index (χ2n) is 7.12. The maximum atomic E-state index is 13.3. The first kappa shape index (κ1) is 18.9. The van der Waals surface area contributed by atoms with E-state index >= 15 is 0 Å². The largest absolute Gasteiger partial charge is 0.354 e. The normalized spacial score (nSPS) is 16.1. The Morgan fingerprint density at radius 1 is 0.885 bits per heavy atom. The predicted molar refractivity (Wildman–Crippen MR) is 105 cm³/mol. The Labute approximate surface area is 156 Å². The van der Waals surface area contributed by atoms with E-state index in [0.29, 0.717) is 31.1 Å². The van der Waals surface area contributed by atoms with E-state index in [4.69, 9.17) is 0 Å². The number of benzene rings is 1. The highest BCUT2D eigenvalue weighted by Gasteiger charge is 2.32. The molecule has 0 aliphatic carbocycles. The van der Waals surface area contributed by atoms with Crippen LogP contribution in [-0.4, -0.2) is 43.9 Å². The molecule has 140 valence electrons. The number of anilines is 1. The van der Waals surface area contributed by atoms with Gasteiger partial charge in [0.1, 0.15) is 5.82 Å². The Morgan fingerprint density at radius 2 is 1.46 bits per heavy atom. The highest BCUT2D eigenvalue weighted by Crippen LogP contribution is 2.29. The monoisotopic (exact) mass is 373 g/mol. The van der Waals surface area contributed by atoms with Gasteiger partial charge in [-0.2, -0.15) is 4.31 Å². The van der Waals surface area contributed by atoms with E-state index in [1.807, 2.05) is 52.8 Å². The number of pyridine rings is 1. The standard InChI is InChI=1S/C20H27N3O2S/c1-14-13-15(2)18(5)20(17(14)4)26(24,25)23-11-9-22(10-12-23)19-8-6-7-16(3)21-19/h6-8,13H,9-12H2,1-5H3. The molecule has 0 radical (unpaired) electrons. The van der Waals surface area contributed by atoms with Crippen molar-refractivity contribution in [1.82, 2.24) is 9.29 Å². The Kier molecular flexibility index (Phi) is 5.08. The lowest BCUT2D eigenvalue weighted by molar-refractivity contribution is 0.383. The van der Waals surface area contributed by atoms with Crippen molar-refractivity contribution in [3.63, 3.8) is 0 Å². The number of aromatic nitrogens is 1. The van der Waals surface area contributed by atoms with Crippen LogP contribution in [0.2, 0.25) is 0 Å². The third kappa shape index (κ3) is 3.35. The van der Waals surface area contributed by atoms with Crippen molar-refractivity contribution in [2.75, 3.05) is 31.1 Å². The van der Waals surface area contributed by atoms with Crippen LogP contribution in [0.1, 0.15) is 27.9 Å². The van der Waals surface area contributed by atoms with Crippen LogP contribution in [0.4, 0.5) is 5.82 Å². The molecule has 2 aromatic rings. The molecule has 1 aromatic heterocycles. The molecule has 6 heteroatoms. The number of hydrogen-bond acceptors (Lipinski definition) is 4. The summed E-state index contributed by atoms with van der Waals surface area (Å²) in [5.74, 6) is 0.917. The number of aryl methyl sites for hydroxylation is 3. The molecule has 0 atom stereocenters. The van der Waals surface area contributed by atoms with Crippen molar-refractivity contribution >= 4 is 15.8 Å². The number of nitrogens with zero attached hydrogens (tertiary/aromatic N) is 3. The van der Waals surface area contributed by atoms with Crippen molar-refractivity contribution in [3.8, 4) is 0 Å². The van der Waals surface area contributed by atoms with E-state index < -0.39 is 10.0 Å². The Balaban J connectivity index is 1.85. The van der Waals surface area contributed by atoms with Gasteiger partial charge in [0, 0.05) is 31.9 Å². The average molecular weight is 374 g/mol. The summed E-state index contributed by atoms with van der Waals surface area (Å²) in [6, 6.07) is 8.00. The van der Waals surface area contributed by atoms with E-state index in [1.165, 1.54) is 0 Å². The van der Waals surface area contributed by atoms with Gasteiger partial charge in [-0.25, -0.2) is 13.4 Å². The molecular weight excluding hydrogens is 346 g/mol. The van der Waals surface area contributed by atoms with Gasteiger partial charge in [0.05, 0.1) is 4.90 Å².